The van der Waals surface area contributed by atoms with Crippen molar-refractivity contribution in [3.8, 4) is 22.1 Å². The van der Waals surface area contributed by atoms with Gasteiger partial charge in [0.2, 0.25) is 5.91 Å². The Morgan fingerprint density at radius 3 is 2.60 bits per heavy atom. The molecule has 4 heterocycles. The number of rotatable bonds is 9. The summed E-state index contributed by atoms with van der Waals surface area (Å²) in [5.41, 5.74) is 5.45. The second-order valence-electron chi connectivity index (χ2n) is 11.1. The molecule has 8 nitrogen and oxygen atoms in total. The molecule has 4 aromatic rings. The van der Waals surface area contributed by atoms with Crippen molar-refractivity contribution in [1.82, 2.24) is 19.7 Å². The smallest absolute Gasteiger partial charge is 0.341 e. The van der Waals surface area contributed by atoms with E-state index in [2.05, 4.69) is 46.6 Å². The van der Waals surface area contributed by atoms with Gasteiger partial charge >= 0.3 is 5.97 Å². The zero-order valence-electron chi connectivity index (χ0n) is 24.3. The number of likely N-dealkylation sites (tertiary alicyclic amines) is 1. The van der Waals surface area contributed by atoms with Crippen LogP contribution < -0.4 is 4.74 Å². The van der Waals surface area contributed by atoms with Gasteiger partial charge in [0, 0.05) is 24.6 Å². The molecule has 1 saturated carbocycles. The largest absolute Gasteiger partial charge is 0.489 e. The predicted octanol–water partition coefficient (Wildman–Crippen LogP) is 6.48. The Morgan fingerprint density at radius 2 is 1.86 bits per heavy atom. The number of hydrogen-bond acceptors (Lipinski definition) is 7. The van der Waals surface area contributed by atoms with Gasteiger partial charge in [0.05, 0.1) is 29.1 Å². The molecule has 0 unspecified atom stereocenters. The van der Waals surface area contributed by atoms with Crippen LogP contribution in [0, 0.1) is 19.8 Å². The molecule has 0 spiro atoms. The fraction of sp³-hybridized carbons (Fsp3) is 0.394. The molecule has 1 aliphatic heterocycles. The molecule has 0 bridgehead atoms. The minimum Gasteiger partial charge on any atom is -0.489 e. The first kappa shape index (κ1) is 28.2. The van der Waals surface area contributed by atoms with Crippen LogP contribution in [0.3, 0.4) is 0 Å². The first-order chi connectivity index (χ1) is 20.4. The van der Waals surface area contributed by atoms with Gasteiger partial charge in [-0.25, -0.2) is 14.5 Å². The molecule has 42 heavy (non-hydrogen) atoms. The van der Waals surface area contributed by atoms with Crippen molar-refractivity contribution < 1.29 is 19.1 Å². The Bertz CT molecular complexity index is 1600. The molecule has 0 N–H and O–H groups in total. The summed E-state index contributed by atoms with van der Waals surface area (Å²) in [4.78, 5) is 32.6. The number of amides is 1. The topological polar surface area (TPSA) is 86.5 Å². The molecular weight excluding hydrogens is 548 g/mol. The molecule has 3 aromatic heterocycles. The van der Waals surface area contributed by atoms with Gasteiger partial charge in [-0.15, -0.1) is 11.3 Å². The van der Waals surface area contributed by atoms with E-state index in [1.807, 2.05) is 25.1 Å². The van der Waals surface area contributed by atoms with Gasteiger partial charge in [-0.2, -0.15) is 5.10 Å². The van der Waals surface area contributed by atoms with Crippen LogP contribution in [-0.2, 0) is 16.1 Å². The van der Waals surface area contributed by atoms with Crippen molar-refractivity contribution in [2.75, 3.05) is 19.7 Å². The van der Waals surface area contributed by atoms with Crippen LogP contribution in [-0.4, -0.2) is 51.2 Å². The quantitative estimate of drug-likeness (QED) is 0.209. The molecule has 1 saturated heterocycles. The Morgan fingerprint density at radius 1 is 1.05 bits per heavy atom. The first-order valence-corrected chi connectivity index (χ1v) is 15.6. The lowest BCUT2D eigenvalue weighted by molar-refractivity contribution is -0.133. The van der Waals surface area contributed by atoms with Crippen molar-refractivity contribution >= 4 is 23.2 Å². The van der Waals surface area contributed by atoms with Crippen LogP contribution in [0.25, 0.3) is 16.4 Å². The van der Waals surface area contributed by atoms with E-state index in [0.717, 1.165) is 66.2 Å². The summed E-state index contributed by atoms with van der Waals surface area (Å²) in [6.45, 7) is 8.19. The van der Waals surface area contributed by atoms with Crippen LogP contribution in [0.2, 0.25) is 0 Å². The number of pyridine rings is 1. The molecule has 1 aromatic carbocycles. The number of hydrogen-bond donors (Lipinski definition) is 0. The van der Waals surface area contributed by atoms with Crippen molar-refractivity contribution in [3.63, 3.8) is 0 Å². The molecular formula is C33H36N4O4S. The lowest BCUT2D eigenvalue weighted by Crippen LogP contribution is -2.38. The number of aryl methyl sites for hydroxylation is 1. The van der Waals surface area contributed by atoms with Gasteiger partial charge in [-0.05, 0) is 93.1 Å². The van der Waals surface area contributed by atoms with Crippen molar-refractivity contribution in [2.45, 2.75) is 59.0 Å². The maximum atomic E-state index is 12.4. The van der Waals surface area contributed by atoms with Crippen LogP contribution in [0.1, 0.15) is 71.3 Å². The minimum absolute atomic E-state index is 0.301. The Balaban J connectivity index is 1.12. The van der Waals surface area contributed by atoms with E-state index in [1.54, 1.807) is 22.9 Å². The van der Waals surface area contributed by atoms with Gasteiger partial charge < -0.3 is 14.4 Å². The van der Waals surface area contributed by atoms with E-state index in [-0.39, 0.29) is 5.97 Å². The molecule has 218 valence electrons. The van der Waals surface area contributed by atoms with E-state index < -0.39 is 0 Å². The molecule has 0 radical (unpaired) electrons. The number of benzene rings is 1. The van der Waals surface area contributed by atoms with Crippen LogP contribution >= 0.6 is 11.3 Å². The SMILES string of the molecule is CCOC(=O)c1cnn(-c2cccc(-c3sccc3COc3ccc(C4CCN(C(=O)C5CC5)CC4)cc3C)n2)c1C. The van der Waals surface area contributed by atoms with Gasteiger partial charge in [-0.3, -0.25) is 4.79 Å². The lowest BCUT2D eigenvalue weighted by atomic mass is 9.88. The molecule has 9 heteroatoms. The maximum absolute atomic E-state index is 12.4. The number of piperidine rings is 1. The minimum atomic E-state index is -0.385. The number of nitrogens with zero attached hydrogens (tertiary/aromatic N) is 4. The highest BCUT2D eigenvalue weighted by Crippen LogP contribution is 2.36. The average molecular weight is 585 g/mol. The molecule has 6 rings (SSSR count). The summed E-state index contributed by atoms with van der Waals surface area (Å²) in [6, 6.07) is 14.4. The van der Waals surface area contributed by atoms with Crippen LogP contribution in [0.5, 0.6) is 5.75 Å². The summed E-state index contributed by atoms with van der Waals surface area (Å²) < 4.78 is 13.1. The zero-order chi connectivity index (χ0) is 29.2. The average Bonchev–Trinajstić information content (AvgIpc) is 3.63. The van der Waals surface area contributed by atoms with Crippen LogP contribution in [0.4, 0.5) is 0 Å². The maximum Gasteiger partial charge on any atom is 0.341 e. The predicted molar refractivity (Wildman–Crippen MR) is 162 cm³/mol. The van der Waals surface area contributed by atoms with E-state index >= 15 is 0 Å². The van der Waals surface area contributed by atoms with Gasteiger partial charge in [0.15, 0.2) is 5.82 Å². The number of aromatic nitrogens is 3. The van der Waals surface area contributed by atoms with Crippen molar-refractivity contribution in [1.29, 1.82) is 0 Å². The molecule has 1 amide bonds. The molecule has 2 aliphatic rings. The number of thiophene rings is 1. The standard InChI is InChI=1S/C33H36N4O4S/c1-4-40-33(39)27-19-34-37(22(27)3)30-7-5-6-28(35-30)31-26(14-17-42-31)20-41-29-11-10-25(18-21(29)2)23-12-15-36(16-13-23)32(38)24-8-9-24/h5-7,10-11,14,17-19,23-24H,4,8-9,12-13,15-16,20H2,1-3H3. The fourth-order valence-electron chi connectivity index (χ4n) is 5.66. The van der Waals surface area contributed by atoms with Crippen molar-refractivity contribution in [3.05, 3.63) is 82.0 Å². The summed E-state index contributed by atoms with van der Waals surface area (Å²) in [5.74, 6) is 2.27. The monoisotopic (exact) mass is 584 g/mol. The van der Waals surface area contributed by atoms with Gasteiger partial charge in [-0.1, -0.05) is 18.2 Å². The van der Waals surface area contributed by atoms with E-state index in [1.165, 1.54) is 11.8 Å². The third-order valence-electron chi connectivity index (χ3n) is 8.22. The fourth-order valence-corrected chi connectivity index (χ4v) is 6.54. The number of esters is 1. The normalized spacial score (nSPS) is 15.5. The summed E-state index contributed by atoms with van der Waals surface area (Å²) >= 11 is 1.62. The zero-order valence-corrected chi connectivity index (χ0v) is 25.2. The Labute approximate surface area is 250 Å². The molecule has 1 aliphatic carbocycles. The van der Waals surface area contributed by atoms with E-state index in [4.69, 9.17) is 14.5 Å². The van der Waals surface area contributed by atoms with Gasteiger partial charge in [0.1, 0.15) is 17.9 Å². The lowest BCUT2D eigenvalue weighted by Gasteiger charge is -2.32. The third-order valence-corrected chi connectivity index (χ3v) is 9.20. The Kier molecular flexibility index (Phi) is 8.11. The van der Waals surface area contributed by atoms with Gasteiger partial charge in [0.25, 0.3) is 0 Å². The highest BCUT2D eigenvalue weighted by Gasteiger charge is 2.35. The summed E-state index contributed by atoms with van der Waals surface area (Å²) in [7, 11) is 0. The highest BCUT2D eigenvalue weighted by molar-refractivity contribution is 7.13. The summed E-state index contributed by atoms with van der Waals surface area (Å²) in [5, 5.41) is 6.45. The van der Waals surface area contributed by atoms with E-state index in [0.29, 0.717) is 48.0 Å². The number of ether oxygens (including phenoxy) is 2. The van der Waals surface area contributed by atoms with Crippen molar-refractivity contribution in [2.24, 2.45) is 5.92 Å². The second kappa shape index (κ2) is 12.1. The third kappa shape index (κ3) is 5.83. The molecule has 2 fully saturated rings. The van der Waals surface area contributed by atoms with E-state index in [9.17, 15) is 9.59 Å². The summed E-state index contributed by atoms with van der Waals surface area (Å²) in [6.07, 6.45) is 5.70. The second-order valence-corrected chi connectivity index (χ2v) is 12.0. The first-order valence-electron chi connectivity index (χ1n) is 14.7. The van der Waals surface area contributed by atoms with Crippen LogP contribution in [0.15, 0.2) is 54.0 Å². The number of carbonyl (C=O) groups is 2. The highest BCUT2D eigenvalue weighted by atomic mass is 32.1. The number of carbonyl (C=O) groups excluding carboxylic acids is 2. The molecule has 0 atom stereocenters. The Hall–Kier alpha value is -3.98.